The fourth-order valence-electron chi connectivity index (χ4n) is 2.46. The Labute approximate surface area is 116 Å². The molecule has 4 heteroatoms. The van der Waals surface area contributed by atoms with Gasteiger partial charge >= 0.3 is 0 Å². The largest absolute Gasteiger partial charge is 0.326 e. The smallest absolute Gasteiger partial charge is 0.241 e. The Kier molecular flexibility index (Phi) is 7.08. The van der Waals surface area contributed by atoms with Crippen LogP contribution in [0.5, 0.6) is 0 Å². The van der Waals surface area contributed by atoms with Crippen molar-refractivity contribution < 1.29 is 4.79 Å². The Morgan fingerprint density at radius 3 is 2.56 bits per heavy atom. The molecule has 0 spiro atoms. The minimum Gasteiger partial charge on any atom is -0.326 e. The monoisotopic (exact) mass is 272 g/mol. The van der Waals surface area contributed by atoms with Crippen molar-refractivity contribution in [2.45, 2.75) is 70.3 Å². The van der Waals surface area contributed by atoms with Crippen LogP contribution in [0.4, 0.5) is 0 Å². The van der Waals surface area contributed by atoms with Crippen LogP contribution in [0.15, 0.2) is 0 Å². The quantitative estimate of drug-likeness (QED) is 0.737. The second kappa shape index (κ2) is 8.05. The van der Waals surface area contributed by atoms with E-state index >= 15 is 0 Å². The molecule has 1 heterocycles. The van der Waals surface area contributed by atoms with Gasteiger partial charge in [0.15, 0.2) is 0 Å². The van der Waals surface area contributed by atoms with E-state index in [1.54, 1.807) is 0 Å². The first-order valence-corrected chi connectivity index (χ1v) is 8.52. The van der Waals surface area contributed by atoms with E-state index in [0.29, 0.717) is 11.2 Å². The second-order valence-electron chi connectivity index (χ2n) is 5.18. The van der Waals surface area contributed by atoms with Crippen LogP contribution < -0.4 is 5.32 Å². The first-order valence-electron chi connectivity index (χ1n) is 7.23. The molecule has 0 saturated carbocycles. The molecule has 3 atom stereocenters. The molecule has 1 amide bonds. The van der Waals surface area contributed by atoms with Crippen molar-refractivity contribution >= 4 is 17.7 Å². The van der Waals surface area contributed by atoms with Crippen LogP contribution in [-0.2, 0) is 4.79 Å². The fourth-order valence-corrected chi connectivity index (χ4v) is 2.80. The van der Waals surface area contributed by atoms with Crippen molar-refractivity contribution in [2.24, 2.45) is 0 Å². The summed E-state index contributed by atoms with van der Waals surface area (Å²) < 4.78 is 0. The van der Waals surface area contributed by atoms with Gasteiger partial charge in [-0.3, -0.25) is 10.1 Å². The Morgan fingerprint density at radius 2 is 2.00 bits per heavy atom. The maximum Gasteiger partial charge on any atom is 0.241 e. The van der Waals surface area contributed by atoms with Crippen LogP contribution in [0.25, 0.3) is 0 Å². The Hall–Kier alpha value is -0.220. The molecule has 0 bridgehead atoms. The van der Waals surface area contributed by atoms with Gasteiger partial charge in [-0.25, -0.2) is 0 Å². The number of hydrogen-bond donors (Lipinski definition) is 1. The summed E-state index contributed by atoms with van der Waals surface area (Å²) in [6.07, 6.45) is 7.72. The highest BCUT2D eigenvalue weighted by atomic mass is 32.2. The molecule has 0 aromatic heterocycles. The van der Waals surface area contributed by atoms with Crippen molar-refractivity contribution in [2.75, 3.05) is 12.8 Å². The SMILES string of the molecule is CCCC1NC(CCC)N(CCC(C)SC)C1=O. The second-order valence-corrected chi connectivity index (χ2v) is 6.46. The van der Waals surface area contributed by atoms with Crippen LogP contribution >= 0.6 is 11.8 Å². The van der Waals surface area contributed by atoms with E-state index in [1.807, 2.05) is 11.8 Å². The first kappa shape index (κ1) is 15.8. The number of carbonyl (C=O) groups excluding carboxylic acids is 1. The minimum absolute atomic E-state index is 0.0659. The molecule has 106 valence electrons. The van der Waals surface area contributed by atoms with Gasteiger partial charge in [0.05, 0.1) is 12.2 Å². The number of rotatable bonds is 8. The van der Waals surface area contributed by atoms with Crippen LogP contribution in [0.1, 0.15) is 52.9 Å². The molecule has 1 saturated heterocycles. The predicted octanol–water partition coefficient (Wildman–Crippen LogP) is 2.85. The maximum atomic E-state index is 12.3. The van der Waals surface area contributed by atoms with Crippen molar-refractivity contribution in [1.29, 1.82) is 0 Å². The van der Waals surface area contributed by atoms with Crippen LogP contribution in [0.3, 0.4) is 0 Å². The van der Waals surface area contributed by atoms with Crippen molar-refractivity contribution in [3.05, 3.63) is 0 Å². The molecule has 3 nitrogen and oxygen atoms in total. The van der Waals surface area contributed by atoms with Gasteiger partial charge in [0.2, 0.25) is 5.91 Å². The molecule has 1 aliphatic rings. The topological polar surface area (TPSA) is 32.3 Å². The number of carbonyl (C=O) groups is 1. The van der Waals surface area contributed by atoms with Gasteiger partial charge in [0.1, 0.15) is 0 Å². The number of nitrogens with one attached hydrogen (secondary N) is 1. The molecule has 1 N–H and O–H groups in total. The van der Waals surface area contributed by atoms with E-state index in [-0.39, 0.29) is 12.2 Å². The molecular formula is C14H28N2OS. The Morgan fingerprint density at radius 1 is 1.33 bits per heavy atom. The van der Waals surface area contributed by atoms with Gasteiger partial charge in [-0.2, -0.15) is 11.8 Å². The summed E-state index contributed by atoms with van der Waals surface area (Å²) >= 11 is 1.88. The summed E-state index contributed by atoms with van der Waals surface area (Å²) in [6.45, 7) is 7.46. The highest BCUT2D eigenvalue weighted by Gasteiger charge is 2.37. The van der Waals surface area contributed by atoms with E-state index in [9.17, 15) is 4.79 Å². The molecule has 1 rings (SSSR count). The molecule has 0 aromatic carbocycles. The molecular weight excluding hydrogens is 244 g/mol. The van der Waals surface area contributed by atoms with E-state index in [2.05, 4.69) is 37.2 Å². The van der Waals surface area contributed by atoms with E-state index in [4.69, 9.17) is 0 Å². The van der Waals surface area contributed by atoms with Crippen molar-refractivity contribution in [3.63, 3.8) is 0 Å². The Balaban J connectivity index is 2.56. The molecule has 1 aliphatic heterocycles. The highest BCUT2D eigenvalue weighted by Crippen LogP contribution is 2.20. The lowest BCUT2D eigenvalue weighted by atomic mass is 10.1. The molecule has 3 unspecified atom stereocenters. The average molecular weight is 272 g/mol. The van der Waals surface area contributed by atoms with Crippen molar-refractivity contribution in [1.82, 2.24) is 10.2 Å². The normalized spacial score (nSPS) is 25.8. The molecule has 0 aliphatic carbocycles. The fraction of sp³-hybridized carbons (Fsp3) is 0.929. The number of thioether (sulfide) groups is 1. The zero-order valence-corrected chi connectivity index (χ0v) is 13.1. The zero-order chi connectivity index (χ0) is 13.5. The maximum absolute atomic E-state index is 12.3. The third kappa shape index (κ3) is 4.16. The molecule has 0 aromatic rings. The number of amides is 1. The van der Waals surface area contributed by atoms with Gasteiger partial charge in [-0.15, -0.1) is 0 Å². The summed E-state index contributed by atoms with van der Waals surface area (Å²) in [7, 11) is 0. The third-order valence-corrected chi connectivity index (χ3v) is 4.71. The summed E-state index contributed by atoms with van der Waals surface area (Å²) in [5.41, 5.74) is 0. The summed E-state index contributed by atoms with van der Waals surface area (Å²) in [5.74, 6) is 0.323. The highest BCUT2D eigenvalue weighted by molar-refractivity contribution is 7.99. The van der Waals surface area contributed by atoms with Crippen molar-refractivity contribution in [3.8, 4) is 0 Å². The first-order chi connectivity index (χ1) is 8.63. The van der Waals surface area contributed by atoms with Crippen LogP contribution in [0.2, 0.25) is 0 Å². The lowest BCUT2D eigenvalue weighted by Crippen LogP contribution is -2.38. The van der Waals surface area contributed by atoms with Crippen LogP contribution in [-0.4, -0.2) is 41.1 Å². The Bertz CT molecular complexity index is 260. The van der Waals surface area contributed by atoms with Gasteiger partial charge in [0.25, 0.3) is 0 Å². The van der Waals surface area contributed by atoms with E-state index < -0.39 is 0 Å². The number of hydrogen-bond acceptors (Lipinski definition) is 3. The lowest BCUT2D eigenvalue weighted by Gasteiger charge is -2.25. The van der Waals surface area contributed by atoms with Crippen LogP contribution in [0, 0.1) is 0 Å². The molecule has 1 fully saturated rings. The summed E-state index contributed by atoms with van der Waals surface area (Å²) in [6, 6.07) is 0.0659. The van der Waals surface area contributed by atoms with Gasteiger partial charge in [-0.05, 0) is 25.5 Å². The average Bonchev–Trinajstić information content (AvgIpc) is 2.64. The van der Waals surface area contributed by atoms with E-state index in [0.717, 1.165) is 38.6 Å². The zero-order valence-electron chi connectivity index (χ0n) is 12.2. The number of nitrogens with zero attached hydrogens (tertiary/aromatic N) is 1. The van der Waals surface area contributed by atoms with Gasteiger partial charge in [0, 0.05) is 11.8 Å². The standard InChI is InChI=1S/C14H28N2OS/c1-5-7-12-14(17)16(10-9-11(3)18-4)13(15-12)8-6-2/h11-13,15H,5-10H2,1-4H3. The summed E-state index contributed by atoms with van der Waals surface area (Å²) in [4.78, 5) is 14.4. The van der Waals surface area contributed by atoms with Gasteiger partial charge in [-0.1, -0.05) is 33.6 Å². The molecule has 0 radical (unpaired) electrons. The summed E-state index contributed by atoms with van der Waals surface area (Å²) in [5, 5.41) is 4.13. The van der Waals surface area contributed by atoms with E-state index in [1.165, 1.54) is 0 Å². The minimum atomic E-state index is 0.0659. The predicted molar refractivity (Wildman–Crippen MR) is 79.8 cm³/mol. The van der Waals surface area contributed by atoms with Gasteiger partial charge < -0.3 is 4.90 Å². The lowest BCUT2D eigenvalue weighted by molar-refractivity contribution is -0.130. The third-order valence-electron chi connectivity index (χ3n) is 3.67. The molecule has 18 heavy (non-hydrogen) atoms.